The molecular formula is C8H12N4O. The third kappa shape index (κ3) is 3.44. The predicted octanol–water partition coefficient (Wildman–Crippen LogP) is -0.0583. The highest BCUT2D eigenvalue weighted by Gasteiger charge is 1.92. The van der Waals surface area contributed by atoms with E-state index in [1.807, 2.05) is 12.1 Å². The van der Waals surface area contributed by atoms with Crippen LogP contribution in [0.5, 0.6) is 0 Å². The zero-order chi connectivity index (χ0) is 9.68. The lowest BCUT2D eigenvalue weighted by molar-refractivity contribution is 0.244. The van der Waals surface area contributed by atoms with E-state index in [9.17, 15) is 4.79 Å². The highest BCUT2D eigenvalue weighted by atomic mass is 16.2. The molecule has 2 amide bonds. The number of carbonyl (C=O) groups excluding carboxylic acids is 1. The van der Waals surface area contributed by atoms with E-state index in [0.717, 1.165) is 5.56 Å². The summed E-state index contributed by atoms with van der Waals surface area (Å²) >= 11 is 0. The lowest BCUT2D eigenvalue weighted by Crippen LogP contribution is -2.40. The van der Waals surface area contributed by atoms with Gasteiger partial charge in [-0.2, -0.15) is 0 Å². The van der Waals surface area contributed by atoms with Gasteiger partial charge in [-0.05, 0) is 17.7 Å². The van der Waals surface area contributed by atoms with Gasteiger partial charge in [-0.15, -0.1) is 0 Å². The van der Waals surface area contributed by atoms with Gasteiger partial charge in [-0.1, -0.05) is 12.1 Å². The number of carbonyl (C=O) groups is 1. The first-order valence-corrected chi connectivity index (χ1v) is 3.81. The Balaban J connectivity index is 2.37. The van der Waals surface area contributed by atoms with Crippen LogP contribution < -0.4 is 22.3 Å². The Morgan fingerprint density at radius 3 is 2.46 bits per heavy atom. The van der Waals surface area contributed by atoms with Gasteiger partial charge in [-0.25, -0.2) is 10.2 Å². The maximum Gasteiger partial charge on any atom is 0.326 e. The Kier molecular flexibility index (Phi) is 3.10. The largest absolute Gasteiger partial charge is 0.399 e. The molecule has 0 bridgehead atoms. The van der Waals surface area contributed by atoms with Crippen LogP contribution in [-0.2, 0) is 6.54 Å². The molecular weight excluding hydrogens is 168 g/mol. The highest BCUT2D eigenvalue weighted by molar-refractivity contribution is 5.70. The SMILES string of the molecule is NC(=O)NNCc1ccc(N)cc1. The van der Waals surface area contributed by atoms with E-state index in [-0.39, 0.29) is 0 Å². The molecule has 0 heterocycles. The number of urea groups is 1. The van der Waals surface area contributed by atoms with Crippen LogP contribution in [0.1, 0.15) is 5.56 Å². The summed E-state index contributed by atoms with van der Waals surface area (Å²) in [5.41, 5.74) is 17.0. The fourth-order valence-corrected chi connectivity index (χ4v) is 0.869. The fourth-order valence-electron chi connectivity index (χ4n) is 0.869. The maximum atomic E-state index is 10.3. The smallest absolute Gasteiger partial charge is 0.326 e. The van der Waals surface area contributed by atoms with Gasteiger partial charge < -0.3 is 11.5 Å². The topological polar surface area (TPSA) is 93.2 Å². The number of rotatable bonds is 3. The van der Waals surface area contributed by atoms with Crippen LogP contribution in [0, 0.1) is 0 Å². The highest BCUT2D eigenvalue weighted by Crippen LogP contribution is 2.04. The summed E-state index contributed by atoms with van der Waals surface area (Å²) in [7, 11) is 0. The van der Waals surface area contributed by atoms with Gasteiger partial charge in [0.1, 0.15) is 0 Å². The van der Waals surface area contributed by atoms with Crippen LogP contribution in [0.3, 0.4) is 0 Å². The number of nitrogens with two attached hydrogens (primary N) is 2. The normalized spacial score (nSPS) is 9.54. The molecule has 0 aliphatic carbocycles. The minimum atomic E-state index is -0.601. The average molecular weight is 180 g/mol. The number of hydrazine groups is 1. The maximum absolute atomic E-state index is 10.3. The minimum absolute atomic E-state index is 0.517. The molecule has 5 heteroatoms. The van der Waals surface area contributed by atoms with Crippen molar-refractivity contribution in [3.05, 3.63) is 29.8 Å². The first kappa shape index (κ1) is 9.34. The van der Waals surface area contributed by atoms with E-state index in [2.05, 4.69) is 10.9 Å². The second-order valence-corrected chi connectivity index (χ2v) is 2.58. The molecule has 0 saturated carbocycles. The molecule has 0 atom stereocenters. The number of hydrogen-bond donors (Lipinski definition) is 4. The summed E-state index contributed by atoms with van der Waals surface area (Å²) in [4.78, 5) is 10.3. The molecule has 6 N–H and O–H groups in total. The molecule has 0 aliphatic heterocycles. The Labute approximate surface area is 76.1 Å². The number of anilines is 1. The lowest BCUT2D eigenvalue weighted by Gasteiger charge is -2.04. The number of nitrogens with one attached hydrogen (secondary N) is 2. The number of primary amides is 1. The van der Waals surface area contributed by atoms with E-state index in [4.69, 9.17) is 11.5 Å². The van der Waals surface area contributed by atoms with E-state index in [1.54, 1.807) is 12.1 Å². The summed E-state index contributed by atoms with van der Waals surface area (Å²) in [5, 5.41) is 0. The lowest BCUT2D eigenvalue weighted by atomic mass is 10.2. The van der Waals surface area contributed by atoms with Crippen molar-refractivity contribution in [1.29, 1.82) is 0 Å². The van der Waals surface area contributed by atoms with Gasteiger partial charge in [0, 0.05) is 12.2 Å². The summed E-state index contributed by atoms with van der Waals surface area (Å²) in [6, 6.07) is 6.72. The van der Waals surface area contributed by atoms with Crippen molar-refractivity contribution in [2.45, 2.75) is 6.54 Å². The number of nitrogen functional groups attached to an aromatic ring is 1. The van der Waals surface area contributed by atoms with Gasteiger partial charge in [-0.3, -0.25) is 5.43 Å². The molecule has 0 spiro atoms. The molecule has 1 aromatic carbocycles. The van der Waals surface area contributed by atoms with Crippen LogP contribution in [0.15, 0.2) is 24.3 Å². The van der Waals surface area contributed by atoms with E-state index < -0.39 is 6.03 Å². The monoisotopic (exact) mass is 180 g/mol. The quantitative estimate of drug-likeness (QED) is 0.388. The second-order valence-electron chi connectivity index (χ2n) is 2.58. The Morgan fingerprint density at radius 2 is 1.92 bits per heavy atom. The third-order valence-electron chi connectivity index (χ3n) is 1.48. The third-order valence-corrected chi connectivity index (χ3v) is 1.48. The Morgan fingerprint density at radius 1 is 1.31 bits per heavy atom. The number of benzene rings is 1. The summed E-state index contributed by atoms with van der Waals surface area (Å²) in [6.07, 6.45) is 0. The van der Waals surface area contributed by atoms with Crippen LogP contribution in [-0.4, -0.2) is 6.03 Å². The van der Waals surface area contributed by atoms with Crippen molar-refractivity contribution in [3.63, 3.8) is 0 Å². The van der Waals surface area contributed by atoms with Gasteiger partial charge in [0.25, 0.3) is 0 Å². The molecule has 70 valence electrons. The Bertz CT molecular complexity index is 283. The van der Waals surface area contributed by atoms with Crippen molar-refractivity contribution in [3.8, 4) is 0 Å². The molecule has 5 nitrogen and oxygen atoms in total. The van der Waals surface area contributed by atoms with Crippen molar-refractivity contribution in [2.75, 3.05) is 5.73 Å². The minimum Gasteiger partial charge on any atom is -0.399 e. The number of hydrogen-bond acceptors (Lipinski definition) is 3. The molecule has 0 radical (unpaired) electrons. The first-order valence-electron chi connectivity index (χ1n) is 3.81. The zero-order valence-electron chi connectivity index (χ0n) is 7.08. The zero-order valence-corrected chi connectivity index (χ0v) is 7.08. The van der Waals surface area contributed by atoms with Crippen molar-refractivity contribution in [1.82, 2.24) is 10.9 Å². The van der Waals surface area contributed by atoms with Crippen molar-refractivity contribution in [2.24, 2.45) is 5.73 Å². The van der Waals surface area contributed by atoms with E-state index in [0.29, 0.717) is 12.2 Å². The van der Waals surface area contributed by atoms with Crippen LogP contribution >= 0.6 is 0 Å². The van der Waals surface area contributed by atoms with Gasteiger partial charge in [0.15, 0.2) is 0 Å². The standard InChI is InChI=1S/C8H12N4O/c9-7-3-1-6(2-4-7)5-11-12-8(10)13/h1-4,11H,5,9H2,(H3,10,12,13). The average Bonchev–Trinajstić information content (AvgIpc) is 2.08. The molecule has 0 unspecified atom stereocenters. The molecule has 1 aromatic rings. The number of amides is 2. The van der Waals surface area contributed by atoms with Gasteiger partial charge >= 0.3 is 6.03 Å². The molecule has 0 aromatic heterocycles. The molecule has 0 saturated heterocycles. The first-order chi connectivity index (χ1) is 6.18. The van der Waals surface area contributed by atoms with Gasteiger partial charge in [0.05, 0.1) is 0 Å². The second kappa shape index (κ2) is 4.32. The fraction of sp³-hybridized carbons (Fsp3) is 0.125. The summed E-state index contributed by atoms with van der Waals surface area (Å²) in [5.74, 6) is 0. The van der Waals surface area contributed by atoms with E-state index >= 15 is 0 Å². The summed E-state index contributed by atoms with van der Waals surface area (Å²) < 4.78 is 0. The Hall–Kier alpha value is -1.75. The van der Waals surface area contributed by atoms with Crippen LogP contribution in [0.25, 0.3) is 0 Å². The van der Waals surface area contributed by atoms with Crippen LogP contribution in [0.4, 0.5) is 10.5 Å². The molecule has 13 heavy (non-hydrogen) atoms. The predicted molar refractivity (Wildman–Crippen MR) is 50.4 cm³/mol. The van der Waals surface area contributed by atoms with E-state index in [1.165, 1.54) is 0 Å². The molecule has 0 aliphatic rings. The van der Waals surface area contributed by atoms with Gasteiger partial charge in [0.2, 0.25) is 0 Å². The van der Waals surface area contributed by atoms with Crippen LogP contribution in [0.2, 0.25) is 0 Å². The van der Waals surface area contributed by atoms with Crippen molar-refractivity contribution >= 4 is 11.7 Å². The molecule has 1 rings (SSSR count). The summed E-state index contributed by atoms with van der Waals surface area (Å²) in [6.45, 7) is 0.517. The van der Waals surface area contributed by atoms with Crippen molar-refractivity contribution < 1.29 is 4.79 Å². The molecule has 0 fully saturated rings.